The molecule has 0 saturated carbocycles. The van der Waals surface area contributed by atoms with Crippen LogP contribution in [0.2, 0.25) is 0 Å². The number of rotatable bonds is 6. The SMILES string of the molecule is C=C/C(=C\C(=O)OC)C(C)(C)OC1C=C(OC)OCC1. The van der Waals surface area contributed by atoms with Crippen LogP contribution in [0.15, 0.2) is 36.3 Å². The molecule has 0 aromatic heterocycles. The maximum absolute atomic E-state index is 11.4. The van der Waals surface area contributed by atoms with Gasteiger partial charge in [0, 0.05) is 18.6 Å². The topological polar surface area (TPSA) is 54.0 Å². The highest BCUT2D eigenvalue weighted by atomic mass is 16.7. The number of carbonyl (C=O) groups is 1. The number of methoxy groups -OCH3 is 2. The van der Waals surface area contributed by atoms with Gasteiger partial charge in [-0.1, -0.05) is 12.7 Å². The third kappa shape index (κ3) is 4.42. The average Bonchev–Trinajstić information content (AvgIpc) is 2.43. The van der Waals surface area contributed by atoms with Crippen LogP contribution in [0, 0.1) is 0 Å². The molecule has 1 aliphatic rings. The van der Waals surface area contributed by atoms with E-state index in [-0.39, 0.29) is 6.10 Å². The van der Waals surface area contributed by atoms with E-state index in [0.29, 0.717) is 18.1 Å². The van der Waals surface area contributed by atoms with Gasteiger partial charge in [-0.15, -0.1) is 0 Å². The van der Waals surface area contributed by atoms with Gasteiger partial charge in [-0.25, -0.2) is 4.79 Å². The van der Waals surface area contributed by atoms with E-state index in [2.05, 4.69) is 11.3 Å². The molecule has 112 valence electrons. The summed E-state index contributed by atoms with van der Waals surface area (Å²) in [6, 6.07) is 0. The quantitative estimate of drug-likeness (QED) is 0.425. The van der Waals surface area contributed by atoms with Crippen molar-refractivity contribution in [1.82, 2.24) is 0 Å². The lowest BCUT2D eigenvalue weighted by Crippen LogP contribution is -2.34. The van der Waals surface area contributed by atoms with Crippen molar-refractivity contribution in [1.29, 1.82) is 0 Å². The summed E-state index contributed by atoms with van der Waals surface area (Å²) < 4.78 is 21.0. The molecule has 0 aliphatic carbocycles. The molecular formula is C15H22O5. The molecule has 1 heterocycles. The Bertz CT molecular complexity index is 420. The second-order valence-electron chi connectivity index (χ2n) is 4.82. The Morgan fingerprint density at radius 2 is 2.20 bits per heavy atom. The first-order valence-electron chi connectivity index (χ1n) is 6.42. The third-order valence-electron chi connectivity index (χ3n) is 3.01. The van der Waals surface area contributed by atoms with Crippen molar-refractivity contribution in [3.8, 4) is 0 Å². The average molecular weight is 282 g/mol. The normalized spacial score (nSPS) is 19.7. The minimum absolute atomic E-state index is 0.144. The fourth-order valence-corrected chi connectivity index (χ4v) is 1.89. The van der Waals surface area contributed by atoms with Gasteiger partial charge >= 0.3 is 5.97 Å². The van der Waals surface area contributed by atoms with Gasteiger partial charge in [0.15, 0.2) is 0 Å². The molecule has 0 aromatic carbocycles. The first kappa shape index (κ1) is 16.3. The fourth-order valence-electron chi connectivity index (χ4n) is 1.89. The van der Waals surface area contributed by atoms with Crippen molar-refractivity contribution in [2.45, 2.75) is 32.0 Å². The predicted octanol–water partition coefficient (Wildman–Crippen LogP) is 2.34. The molecule has 1 rings (SSSR count). The van der Waals surface area contributed by atoms with Gasteiger partial charge in [0.05, 0.1) is 32.5 Å². The van der Waals surface area contributed by atoms with Crippen molar-refractivity contribution in [2.24, 2.45) is 0 Å². The molecule has 1 aliphatic heterocycles. The Hall–Kier alpha value is -1.75. The van der Waals surface area contributed by atoms with Gasteiger partial charge in [0.25, 0.3) is 5.95 Å². The zero-order chi connectivity index (χ0) is 15.2. The Balaban J connectivity index is 2.84. The minimum Gasteiger partial charge on any atom is -0.469 e. The van der Waals surface area contributed by atoms with Gasteiger partial charge in [-0.3, -0.25) is 0 Å². The summed E-state index contributed by atoms with van der Waals surface area (Å²) >= 11 is 0. The van der Waals surface area contributed by atoms with E-state index in [4.69, 9.17) is 14.2 Å². The first-order chi connectivity index (χ1) is 9.42. The summed E-state index contributed by atoms with van der Waals surface area (Å²) in [5.41, 5.74) is -0.0176. The smallest absolute Gasteiger partial charge is 0.330 e. The largest absolute Gasteiger partial charge is 0.469 e. The Labute approximate surface area is 119 Å². The van der Waals surface area contributed by atoms with E-state index >= 15 is 0 Å². The predicted molar refractivity (Wildman–Crippen MR) is 74.9 cm³/mol. The molecule has 5 heteroatoms. The second-order valence-corrected chi connectivity index (χ2v) is 4.82. The van der Waals surface area contributed by atoms with Crippen molar-refractivity contribution >= 4 is 5.97 Å². The van der Waals surface area contributed by atoms with Crippen molar-refractivity contribution in [3.63, 3.8) is 0 Å². The Morgan fingerprint density at radius 1 is 1.50 bits per heavy atom. The molecule has 0 aromatic rings. The van der Waals surface area contributed by atoms with E-state index in [9.17, 15) is 4.79 Å². The highest BCUT2D eigenvalue weighted by molar-refractivity contribution is 5.83. The van der Waals surface area contributed by atoms with E-state index in [0.717, 1.165) is 6.42 Å². The van der Waals surface area contributed by atoms with Crippen LogP contribution < -0.4 is 0 Å². The molecule has 0 amide bonds. The lowest BCUT2D eigenvalue weighted by Gasteiger charge is -2.32. The summed E-state index contributed by atoms with van der Waals surface area (Å²) in [6.45, 7) is 8.00. The number of carbonyl (C=O) groups excluding carboxylic acids is 1. The summed E-state index contributed by atoms with van der Waals surface area (Å²) in [6.07, 6.45) is 5.34. The lowest BCUT2D eigenvalue weighted by atomic mass is 9.96. The molecule has 1 atom stereocenters. The fraction of sp³-hybridized carbons (Fsp3) is 0.533. The van der Waals surface area contributed by atoms with E-state index in [1.54, 1.807) is 19.3 Å². The van der Waals surface area contributed by atoms with Gasteiger partial charge < -0.3 is 18.9 Å². The van der Waals surface area contributed by atoms with E-state index in [1.165, 1.54) is 13.2 Å². The number of ether oxygens (including phenoxy) is 4. The molecule has 0 spiro atoms. The summed E-state index contributed by atoms with van der Waals surface area (Å²) in [4.78, 5) is 11.4. The van der Waals surface area contributed by atoms with Crippen LogP contribution in [0.4, 0.5) is 0 Å². The Morgan fingerprint density at radius 3 is 2.75 bits per heavy atom. The van der Waals surface area contributed by atoms with E-state index in [1.807, 2.05) is 13.8 Å². The molecule has 5 nitrogen and oxygen atoms in total. The molecule has 0 fully saturated rings. The number of hydrogen-bond acceptors (Lipinski definition) is 5. The number of esters is 1. The molecule has 20 heavy (non-hydrogen) atoms. The standard InChI is InChI=1S/C15H22O5/c1-6-11(9-13(16)17-4)15(2,3)20-12-7-8-19-14(10-12)18-5/h6,9-10,12H,1,7-8H2,2-5H3/b11-9+. The Kier molecular flexibility index (Phi) is 5.82. The molecule has 0 radical (unpaired) electrons. The lowest BCUT2D eigenvalue weighted by molar-refractivity contribution is -0.135. The summed E-state index contributed by atoms with van der Waals surface area (Å²) in [5, 5.41) is 0. The van der Waals surface area contributed by atoms with Crippen molar-refractivity contribution < 1.29 is 23.7 Å². The van der Waals surface area contributed by atoms with Crippen LogP contribution in [-0.2, 0) is 23.7 Å². The van der Waals surface area contributed by atoms with Crippen LogP contribution in [0.25, 0.3) is 0 Å². The zero-order valence-electron chi connectivity index (χ0n) is 12.5. The van der Waals surface area contributed by atoms with Crippen LogP contribution in [-0.4, -0.2) is 38.5 Å². The van der Waals surface area contributed by atoms with Crippen LogP contribution >= 0.6 is 0 Å². The van der Waals surface area contributed by atoms with Gasteiger partial charge in [-0.2, -0.15) is 0 Å². The second kappa shape index (κ2) is 7.14. The molecule has 0 N–H and O–H groups in total. The van der Waals surface area contributed by atoms with Gasteiger partial charge in [-0.05, 0) is 19.4 Å². The maximum Gasteiger partial charge on any atom is 0.330 e. The third-order valence-corrected chi connectivity index (χ3v) is 3.01. The van der Waals surface area contributed by atoms with Crippen molar-refractivity contribution in [3.05, 3.63) is 36.3 Å². The molecule has 0 bridgehead atoms. The van der Waals surface area contributed by atoms with Gasteiger partial charge in [0.2, 0.25) is 0 Å². The highest BCUT2D eigenvalue weighted by Gasteiger charge is 2.28. The minimum atomic E-state index is -0.673. The highest BCUT2D eigenvalue weighted by Crippen LogP contribution is 2.27. The van der Waals surface area contributed by atoms with Crippen LogP contribution in [0.5, 0.6) is 0 Å². The maximum atomic E-state index is 11.4. The monoisotopic (exact) mass is 282 g/mol. The summed E-state index contributed by atoms with van der Waals surface area (Å²) in [7, 11) is 2.88. The molecule has 0 saturated heterocycles. The zero-order valence-corrected chi connectivity index (χ0v) is 12.5. The molecule has 1 unspecified atom stereocenters. The van der Waals surface area contributed by atoms with Crippen molar-refractivity contribution in [2.75, 3.05) is 20.8 Å². The van der Waals surface area contributed by atoms with Crippen LogP contribution in [0.1, 0.15) is 20.3 Å². The van der Waals surface area contributed by atoms with Crippen LogP contribution in [0.3, 0.4) is 0 Å². The van der Waals surface area contributed by atoms with E-state index < -0.39 is 11.6 Å². The number of hydrogen-bond donors (Lipinski definition) is 0. The first-order valence-corrected chi connectivity index (χ1v) is 6.42. The summed E-state index contributed by atoms with van der Waals surface area (Å²) in [5.74, 6) is 0.0193. The molecular weight excluding hydrogens is 260 g/mol. The van der Waals surface area contributed by atoms with Gasteiger partial charge in [0.1, 0.15) is 0 Å².